The molecule has 21 heavy (non-hydrogen) atoms. The average Bonchev–Trinajstić information content (AvgIpc) is 2.37. The van der Waals surface area contributed by atoms with Gasteiger partial charge in [0.15, 0.2) is 9.84 Å². The molecule has 2 rings (SSSR count). The molecule has 1 aromatic carbocycles. The number of nitrogens with one attached hydrogen (secondary N) is 1. The lowest BCUT2D eigenvalue weighted by Crippen LogP contribution is -2.08. The summed E-state index contributed by atoms with van der Waals surface area (Å²) < 4.78 is 23.1. The van der Waals surface area contributed by atoms with Crippen LogP contribution in [0.5, 0.6) is 0 Å². The van der Waals surface area contributed by atoms with Gasteiger partial charge < -0.3 is 11.1 Å². The molecule has 0 saturated heterocycles. The largest absolute Gasteiger partial charge is 0.368 e. The van der Waals surface area contributed by atoms with E-state index in [1.807, 2.05) is 13.8 Å². The fourth-order valence-electron chi connectivity index (χ4n) is 1.66. The second-order valence-corrected chi connectivity index (χ2v) is 6.97. The normalized spacial score (nSPS) is 11.6. The highest BCUT2D eigenvalue weighted by Crippen LogP contribution is 2.19. The van der Waals surface area contributed by atoms with Crippen LogP contribution in [0.4, 0.5) is 17.6 Å². The zero-order valence-electron chi connectivity index (χ0n) is 12.0. The number of aromatic nitrogens is 3. The van der Waals surface area contributed by atoms with Crippen LogP contribution in [0.1, 0.15) is 25.6 Å². The molecule has 1 heterocycles. The summed E-state index contributed by atoms with van der Waals surface area (Å²) in [5, 5.41) is 2.95. The fourth-order valence-corrected chi connectivity index (χ4v) is 2.32. The summed E-state index contributed by atoms with van der Waals surface area (Å²) in [5.74, 6) is 1.09. The van der Waals surface area contributed by atoms with Crippen LogP contribution in [0.25, 0.3) is 0 Å². The smallest absolute Gasteiger partial charge is 0.232 e. The van der Waals surface area contributed by atoms with Crippen molar-refractivity contribution in [2.24, 2.45) is 0 Å². The van der Waals surface area contributed by atoms with Gasteiger partial charge >= 0.3 is 0 Å². The van der Waals surface area contributed by atoms with Crippen LogP contribution in [0, 0.1) is 0 Å². The lowest BCUT2D eigenvalue weighted by atomic mass is 10.2. The number of nitrogen functional groups attached to an aromatic ring is 1. The molecule has 0 aliphatic heterocycles. The molecular weight excluding hydrogens is 290 g/mol. The Morgan fingerprint density at radius 1 is 1.19 bits per heavy atom. The Bertz CT molecular complexity index is 759. The maximum atomic E-state index is 11.5. The van der Waals surface area contributed by atoms with Crippen molar-refractivity contribution in [1.82, 2.24) is 15.0 Å². The zero-order valence-corrected chi connectivity index (χ0v) is 12.8. The van der Waals surface area contributed by atoms with Gasteiger partial charge in [0, 0.05) is 17.9 Å². The number of nitrogens with two attached hydrogens (primary N) is 1. The first-order valence-corrected chi connectivity index (χ1v) is 8.23. The first kappa shape index (κ1) is 15.2. The molecule has 3 N–H and O–H groups in total. The predicted molar refractivity (Wildman–Crippen MR) is 81.2 cm³/mol. The minimum atomic E-state index is -3.27. The molecular formula is C13H17N5O2S. The van der Waals surface area contributed by atoms with E-state index in [-0.39, 0.29) is 22.7 Å². The van der Waals surface area contributed by atoms with E-state index in [1.165, 1.54) is 12.1 Å². The maximum Gasteiger partial charge on any atom is 0.232 e. The van der Waals surface area contributed by atoms with E-state index < -0.39 is 9.84 Å². The topological polar surface area (TPSA) is 111 Å². The molecule has 0 bridgehead atoms. The van der Waals surface area contributed by atoms with Gasteiger partial charge in [0.05, 0.1) is 4.90 Å². The molecule has 0 fully saturated rings. The lowest BCUT2D eigenvalue weighted by Gasteiger charge is -2.09. The molecule has 0 amide bonds. The summed E-state index contributed by atoms with van der Waals surface area (Å²) in [6, 6.07) is 6.42. The van der Waals surface area contributed by atoms with Gasteiger partial charge in [-0.1, -0.05) is 19.9 Å². The van der Waals surface area contributed by atoms with Crippen LogP contribution in [-0.4, -0.2) is 29.6 Å². The van der Waals surface area contributed by atoms with E-state index in [2.05, 4.69) is 20.3 Å². The molecule has 0 radical (unpaired) electrons. The van der Waals surface area contributed by atoms with E-state index in [0.29, 0.717) is 11.5 Å². The van der Waals surface area contributed by atoms with Crippen molar-refractivity contribution in [3.8, 4) is 0 Å². The van der Waals surface area contributed by atoms with Gasteiger partial charge in [-0.2, -0.15) is 15.0 Å². The second-order valence-electron chi connectivity index (χ2n) is 4.96. The third-order valence-corrected chi connectivity index (χ3v) is 3.81. The van der Waals surface area contributed by atoms with Gasteiger partial charge in [-0.15, -0.1) is 0 Å². The van der Waals surface area contributed by atoms with Gasteiger partial charge in [-0.3, -0.25) is 0 Å². The van der Waals surface area contributed by atoms with Crippen LogP contribution in [0.2, 0.25) is 0 Å². The Morgan fingerprint density at radius 2 is 1.90 bits per heavy atom. The minimum absolute atomic E-state index is 0.109. The van der Waals surface area contributed by atoms with E-state index in [4.69, 9.17) is 5.73 Å². The van der Waals surface area contributed by atoms with Crippen LogP contribution >= 0.6 is 0 Å². The summed E-state index contributed by atoms with van der Waals surface area (Å²) in [6.07, 6.45) is 1.16. The second kappa shape index (κ2) is 5.65. The molecule has 7 nitrogen and oxygen atoms in total. The summed E-state index contributed by atoms with van der Waals surface area (Å²) in [5.41, 5.74) is 6.22. The van der Waals surface area contributed by atoms with Crippen molar-refractivity contribution in [3.05, 3.63) is 30.1 Å². The standard InChI is InChI=1S/C13H17N5O2S/c1-8(2)11-16-12(14)18-13(17-11)15-9-5-4-6-10(7-9)21(3,19)20/h4-8H,1-3H3,(H3,14,15,16,17,18). The van der Waals surface area contributed by atoms with Crippen LogP contribution < -0.4 is 11.1 Å². The van der Waals surface area contributed by atoms with E-state index in [0.717, 1.165) is 6.26 Å². The Labute approximate surface area is 123 Å². The molecule has 0 aliphatic rings. The number of rotatable bonds is 4. The number of hydrogen-bond donors (Lipinski definition) is 2. The van der Waals surface area contributed by atoms with Crippen LogP contribution in [0.3, 0.4) is 0 Å². The average molecular weight is 307 g/mol. The van der Waals surface area contributed by atoms with Crippen molar-refractivity contribution in [2.75, 3.05) is 17.3 Å². The molecule has 0 atom stereocenters. The van der Waals surface area contributed by atoms with Gasteiger partial charge in [-0.05, 0) is 18.2 Å². The molecule has 8 heteroatoms. The van der Waals surface area contributed by atoms with Crippen LogP contribution in [-0.2, 0) is 9.84 Å². The highest BCUT2D eigenvalue weighted by atomic mass is 32.2. The van der Waals surface area contributed by atoms with E-state index in [9.17, 15) is 8.42 Å². The molecule has 0 aliphatic carbocycles. The number of nitrogens with zero attached hydrogens (tertiary/aromatic N) is 3. The fraction of sp³-hybridized carbons (Fsp3) is 0.308. The summed E-state index contributed by atoms with van der Waals surface area (Å²) in [7, 11) is -3.27. The number of hydrogen-bond acceptors (Lipinski definition) is 7. The number of anilines is 3. The third kappa shape index (κ3) is 3.88. The molecule has 2 aromatic rings. The Balaban J connectivity index is 2.34. The quantitative estimate of drug-likeness (QED) is 0.884. The third-order valence-electron chi connectivity index (χ3n) is 2.70. The zero-order chi connectivity index (χ0) is 15.6. The van der Waals surface area contributed by atoms with Crippen molar-refractivity contribution in [1.29, 1.82) is 0 Å². The van der Waals surface area contributed by atoms with Crippen molar-refractivity contribution < 1.29 is 8.42 Å². The summed E-state index contributed by atoms with van der Waals surface area (Å²) in [4.78, 5) is 12.5. The van der Waals surface area contributed by atoms with E-state index in [1.54, 1.807) is 12.1 Å². The van der Waals surface area contributed by atoms with Crippen molar-refractivity contribution >= 4 is 27.4 Å². The maximum absolute atomic E-state index is 11.5. The predicted octanol–water partition coefficient (Wildman–Crippen LogP) is 1.72. The van der Waals surface area contributed by atoms with Gasteiger partial charge in [-0.25, -0.2) is 8.42 Å². The first-order valence-electron chi connectivity index (χ1n) is 6.34. The van der Waals surface area contributed by atoms with Crippen molar-refractivity contribution in [2.45, 2.75) is 24.7 Å². The lowest BCUT2D eigenvalue weighted by molar-refractivity contribution is 0.602. The Hall–Kier alpha value is -2.22. The highest BCUT2D eigenvalue weighted by Gasteiger charge is 2.10. The van der Waals surface area contributed by atoms with Crippen LogP contribution in [0.15, 0.2) is 29.2 Å². The highest BCUT2D eigenvalue weighted by molar-refractivity contribution is 7.90. The first-order chi connectivity index (χ1) is 9.75. The molecule has 0 unspecified atom stereocenters. The SMILES string of the molecule is CC(C)c1nc(N)nc(Nc2cccc(S(C)(=O)=O)c2)n1. The van der Waals surface area contributed by atoms with Gasteiger partial charge in [0.2, 0.25) is 11.9 Å². The van der Waals surface area contributed by atoms with Gasteiger partial charge in [0.1, 0.15) is 5.82 Å². The number of benzene rings is 1. The molecule has 0 spiro atoms. The monoisotopic (exact) mass is 307 g/mol. The molecule has 112 valence electrons. The number of sulfone groups is 1. The summed E-state index contributed by atoms with van der Waals surface area (Å²) >= 11 is 0. The summed E-state index contributed by atoms with van der Waals surface area (Å²) in [6.45, 7) is 3.89. The molecule has 1 aromatic heterocycles. The Kier molecular flexibility index (Phi) is 4.08. The van der Waals surface area contributed by atoms with Gasteiger partial charge in [0.25, 0.3) is 0 Å². The van der Waals surface area contributed by atoms with Crippen molar-refractivity contribution in [3.63, 3.8) is 0 Å². The minimum Gasteiger partial charge on any atom is -0.368 e. The van der Waals surface area contributed by atoms with E-state index >= 15 is 0 Å². The Morgan fingerprint density at radius 3 is 2.52 bits per heavy atom. The molecule has 0 saturated carbocycles.